The molecule has 1 aromatic carbocycles. The van der Waals surface area contributed by atoms with Gasteiger partial charge in [0.25, 0.3) is 0 Å². The molecule has 0 spiro atoms. The zero-order valence-electron chi connectivity index (χ0n) is 11.5. The fourth-order valence-electron chi connectivity index (χ4n) is 3.16. The highest BCUT2D eigenvalue weighted by Crippen LogP contribution is 2.31. The molecular weight excluding hydrogens is 220 g/mol. The third-order valence-corrected chi connectivity index (χ3v) is 3.83. The van der Waals surface area contributed by atoms with Crippen molar-refractivity contribution < 1.29 is 0 Å². The molecule has 0 saturated heterocycles. The maximum atomic E-state index is 9.19. The first kappa shape index (κ1) is 13.0. The van der Waals surface area contributed by atoms with Crippen molar-refractivity contribution in [3.8, 4) is 6.07 Å². The molecule has 0 heterocycles. The first-order valence-corrected chi connectivity index (χ1v) is 6.85. The summed E-state index contributed by atoms with van der Waals surface area (Å²) in [5, 5.41) is 12.8. The van der Waals surface area contributed by atoms with Gasteiger partial charge in [-0.1, -0.05) is 19.9 Å². The molecule has 2 nitrogen and oxygen atoms in total. The van der Waals surface area contributed by atoms with E-state index in [1.54, 1.807) is 0 Å². The Kier molecular flexibility index (Phi) is 3.91. The molecule has 2 unspecified atom stereocenters. The molecule has 2 rings (SSSR count). The van der Waals surface area contributed by atoms with Crippen LogP contribution < -0.4 is 5.32 Å². The molecule has 0 bridgehead atoms. The van der Waals surface area contributed by atoms with E-state index in [0.29, 0.717) is 6.04 Å². The van der Waals surface area contributed by atoms with Gasteiger partial charge in [0.1, 0.15) is 6.07 Å². The van der Waals surface area contributed by atoms with E-state index in [1.165, 1.54) is 19.3 Å². The van der Waals surface area contributed by atoms with Gasteiger partial charge in [-0.15, -0.1) is 0 Å². The Morgan fingerprint density at radius 3 is 2.44 bits per heavy atom. The van der Waals surface area contributed by atoms with Crippen molar-refractivity contribution in [2.45, 2.75) is 46.1 Å². The fraction of sp³-hybridized carbons (Fsp3) is 0.562. The second-order valence-corrected chi connectivity index (χ2v) is 5.92. The molecule has 2 heteroatoms. The highest BCUT2D eigenvalue weighted by atomic mass is 14.9. The zero-order chi connectivity index (χ0) is 13.1. The van der Waals surface area contributed by atoms with Gasteiger partial charge in [0.2, 0.25) is 0 Å². The maximum Gasteiger partial charge on any atom is 0.101 e. The van der Waals surface area contributed by atoms with Crippen LogP contribution >= 0.6 is 0 Å². The van der Waals surface area contributed by atoms with Gasteiger partial charge in [0, 0.05) is 6.04 Å². The molecule has 2 atom stereocenters. The normalized spacial score (nSPS) is 27.6. The van der Waals surface area contributed by atoms with Gasteiger partial charge in [-0.25, -0.2) is 0 Å². The molecule has 1 saturated carbocycles. The monoisotopic (exact) mass is 242 g/mol. The maximum absolute atomic E-state index is 9.19. The van der Waals surface area contributed by atoms with E-state index in [1.807, 2.05) is 19.1 Å². The van der Waals surface area contributed by atoms with Crippen LogP contribution in [0.2, 0.25) is 0 Å². The van der Waals surface area contributed by atoms with E-state index >= 15 is 0 Å². The molecule has 0 radical (unpaired) electrons. The standard InChI is InChI=1S/C16H22N2/c1-11-4-5-16(14(7-11)10-17)18-15-8-12(2)6-13(3)9-15/h4-5,7,12-13,15,18H,6,8-9H2,1-3H3. The SMILES string of the molecule is Cc1ccc(NC2CC(C)CC(C)C2)c(C#N)c1. The first-order valence-electron chi connectivity index (χ1n) is 6.85. The van der Waals surface area contributed by atoms with E-state index in [0.717, 1.165) is 28.7 Å². The molecule has 96 valence electrons. The Hall–Kier alpha value is -1.49. The average molecular weight is 242 g/mol. The van der Waals surface area contributed by atoms with E-state index in [4.69, 9.17) is 0 Å². The Morgan fingerprint density at radius 1 is 1.17 bits per heavy atom. The largest absolute Gasteiger partial charge is 0.381 e. The van der Waals surface area contributed by atoms with Crippen LogP contribution in [0.3, 0.4) is 0 Å². The van der Waals surface area contributed by atoms with Gasteiger partial charge >= 0.3 is 0 Å². The van der Waals surface area contributed by atoms with Gasteiger partial charge in [-0.3, -0.25) is 0 Å². The number of hydrogen-bond donors (Lipinski definition) is 1. The second kappa shape index (κ2) is 5.44. The van der Waals surface area contributed by atoms with E-state index < -0.39 is 0 Å². The van der Waals surface area contributed by atoms with Crippen molar-refractivity contribution in [2.24, 2.45) is 11.8 Å². The smallest absolute Gasteiger partial charge is 0.101 e. The van der Waals surface area contributed by atoms with Crippen molar-refractivity contribution in [3.05, 3.63) is 29.3 Å². The summed E-state index contributed by atoms with van der Waals surface area (Å²) in [6.07, 6.45) is 3.75. The van der Waals surface area contributed by atoms with Crippen molar-refractivity contribution >= 4 is 5.69 Å². The third kappa shape index (κ3) is 3.04. The third-order valence-electron chi connectivity index (χ3n) is 3.83. The van der Waals surface area contributed by atoms with Crippen LogP contribution in [0.15, 0.2) is 18.2 Å². The summed E-state index contributed by atoms with van der Waals surface area (Å²) < 4.78 is 0. The van der Waals surface area contributed by atoms with Crippen LogP contribution in [0.1, 0.15) is 44.2 Å². The molecule has 1 aliphatic rings. The number of anilines is 1. The number of nitriles is 1. The van der Waals surface area contributed by atoms with Crippen LogP contribution in [-0.2, 0) is 0 Å². The Bertz CT molecular complexity index is 449. The minimum absolute atomic E-state index is 0.513. The summed E-state index contributed by atoms with van der Waals surface area (Å²) in [7, 11) is 0. The average Bonchev–Trinajstić information content (AvgIpc) is 2.30. The zero-order valence-corrected chi connectivity index (χ0v) is 11.5. The minimum Gasteiger partial charge on any atom is -0.381 e. The second-order valence-electron chi connectivity index (χ2n) is 5.92. The highest BCUT2D eigenvalue weighted by Gasteiger charge is 2.24. The van der Waals surface area contributed by atoms with Crippen LogP contribution in [0.5, 0.6) is 0 Å². The van der Waals surface area contributed by atoms with Gasteiger partial charge < -0.3 is 5.32 Å². The topological polar surface area (TPSA) is 35.8 Å². The predicted octanol–water partition coefficient (Wildman–Crippen LogP) is 4.10. The lowest BCUT2D eigenvalue weighted by Crippen LogP contribution is -2.30. The lowest BCUT2D eigenvalue weighted by Gasteiger charge is -2.32. The molecular formula is C16H22N2. The summed E-state index contributed by atoms with van der Waals surface area (Å²) >= 11 is 0. The van der Waals surface area contributed by atoms with Crippen LogP contribution in [0.4, 0.5) is 5.69 Å². The van der Waals surface area contributed by atoms with Gasteiger partial charge in [0.15, 0.2) is 0 Å². The van der Waals surface area contributed by atoms with E-state index in [-0.39, 0.29) is 0 Å². The summed E-state index contributed by atoms with van der Waals surface area (Å²) in [5.41, 5.74) is 2.90. The molecule has 0 amide bonds. The number of hydrogen-bond acceptors (Lipinski definition) is 2. The molecule has 1 N–H and O–H groups in total. The number of aryl methyl sites for hydroxylation is 1. The van der Waals surface area contributed by atoms with Crippen LogP contribution in [0.25, 0.3) is 0 Å². The molecule has 1 aliphatic carbocycles. The number of nitrogens with zero attached hydrogens (tertiary/aromatic N) is 1. The summed E-state index contributed by atoms with van der Waals surface area (Å²) in [6, 6.07) is 8.86. The van der Waals surface area contributed by atoms with Gasteiger partial charge in [-0.2, -0.15) is 5.26 Å². The Labute approximate surface area is 110 Å². The van der Waals surface area contributed by atoms with Crippen molar-refractivity contribution in [1.82, 2.24) is 0 Å². The summed E-state index contributed by atoms with van der Waals surface area (Å²) in [5.74, 6) is 1.56. The Morgan fingerprint density at radius 2 is 1.83 bits per heavy atom. The number of rotatable bonds is 2. The number of nitrogens with one attached hydrogen (secondary N) is 1. The van der Waals surface area contributed by atoms with Gasteiger partial charge in [0.05, 0.1) is 11.3 Å². The fourth-order valence-corrected chi connectivity index (χ4v) is 3.16. The highest BCUT2D eigenvalue weighted by molar-refractivity contribution is 5.59. The quantitative estimate of drug-likeness (QED) is 0.847. The number of benzene rings is 1. The first-order chi connectivity index (χ1) is 8.58. The van der Waals surface area contributed by atoms with Crippen molar-refractivity contribution in [3.63, 3.8) is 0 Å². The van der Waals surface area contributed by atoms with E-state index in [2.05, 4.69) is 31.3 Å². The molecule has 0 aromatic heterocycles. The minimum atomic E-state index is 0.513. The van der Waals surface area contributed by atoms with Crippen LogP contribution in [0, 0.1) is 30.1 Å². The lowest BCUT2D eigenvalue weighted by molar-refractivity contribution is 0.281. The van der Waals surface area contributed by atoms with E-state index in [9.17, 15) is 5.26 Å². The predicted molar refractivity (Wildman–Crippen MR) is 75.5 cm³/mol. The molecule has 0 aliphatic heterocycles. The van der Waals surface area contributed by atoms with Gasteiger partial charge in [-0.05, 0) is 55.7 Å². The van der Waals surface area contributed by atoms with Crippen molar-refractivity contribution in [2.75, 3.05) is 5.32 Å². The van der Waals surface area contributed by atoms with Crippen molar-refractivity contribution in [1.29, 1.82) is 5.26 Å². The van der Waals surface area contributed by atoms with Crippen LogP contribution in [-0.4, -0.2) is 6.04 Å². The molecule has 1 aromatic rings. The molecule has 1 fully saturated rings. The lowest BCUT2D eigenvalue weighted by atomic mass is 9.80. The molecule has 18 heavy (non-hydrogen) atoms. The summed E-state index contributed by atoms with van der Waals surface area (Å²) in [6.45, 7) is 6.67. The summed E-state index contributed by atoms with van der Waals surface area (Å²) in [4.78, 5) is 0. The Balaban J connectivity index is 2.12.